The number of rotatable bonds is 7. The van der Waals surface area contributed by atoms with Crippen molar-refractivity contribution in [2.24, 2.45) is 0 Å². The molecule has 1 saturated heterocycles. The van der Waals surface area contributed by atoms with Crippen LogP contribution in [0.25, 0.3) is 23.0 Å². The maximum absolute atomic E-state index is 12.8. The van der Waals surface area contributed by atoms with Gasteiger partial charge in [-0.05, 0) is 31.0 Å². The van der Waals surface area contributed by atoms with E-state index in [1.54, 1.807) is 10.9 Å². The molecule has 1 unspecified atom stereocenters. The Hall–Kier alpha value is -4.01. The molecule has 0 spiro atoms. The van der Waals surface area contributed by atoms with Gasteiger partial charge in [0.05, 0.1) is 25.3 Å². The minimum Gasteiger partial charge on any atom is -0.494 e. The number of aromatic nitrogens is 5. The van der Waals surface area contributed by atoms with Crippen LogP contribution in [0, 0.1) is 0 Å². The molecule has 1 fully saturated rings. The summed E-state index contributed by atoms with van der Waals surface area (Å²) in [7, 11) is 0. The molecule has 33 heavy (non-hydrogen) atoms. The molecular formula is C24H24N6O3. The van der Waals surface area contributed by atoms with Gasteiger partial charge in [0.2, 0.25) is 11.7 Å². The molecule has 0 N–H and O–H groups in total. The molecule has 1 aliphatic rings. The van der Waals surface area contributed by atoms with Crippen LogP contribution >= 0.6 is 0 Å². The van der Waals surface area contributed by atoms with Gasteiger partial charge in [0.1, 0.15) is 5.75 Å². The van der Waals surface area contributed by atoms with Crippen LogP contribution in [0.15, 0.2) is 65.3 Å². The number of carbonyl (C=O) groups excluding carboxylic acids is 1. The molecule has 2 aromatic carbocycles. The summed E-state index contributed by atoms with van der Waals surface area (Å²) >= 11 is 0. The highest BCUT2D eigenvalue weighted by Gasteiger charge is 2.28. The van der Waals surface area contributed by atoms with Crippen molar-refractivity contribution in [2.75, 3.05) is 19.7 Å². The molecule has 1 amide bonds. The van der Waals surface area contributed by atoms with Gasteiger partial charge < -0.3 is 14.2 Å². The van der Waals surface area contributed by atoms with Gasteiger partial charge in [0, 0.05) is 18.7 Å². The number of amides is 1. The zero-order valence-electron chi connectivity index (χ0n) is 18.3. The molecule has 168 valence electrons. The largest absolute Gasteiger partial charge is 0.494 e. The third-order valence-corrected chi connectivity index (χ3v) is 5.67. The maximum atomic E-state index is 12.8. The first-order chi connectivity index (χ1) is 16.2. The third kappa shape index (κ3) is 4.62. The van der Waals surface area contributed by atoms with Gasteiger partial charge >= 0.3 is 0 Å². The van der Waals surface area contributed by atoms with Crippen LogP contribution in [0.4, 0.5) is 0 Å². The number of hydrogen-bond donors (Lipinski definition) is 0. The van der Waals surface area contributed by atoms with E-state index >= 15 is 0 Å². The lowest BCUT2D eigenvalue weighted by Gasteiger charge is -2.16. The Morgan fingerprint density at radius 2 is 1.97 bits per heavy atom. The van der Waals surface area contributed by atoms with Gasteiger partial charge in [-0.1, -0.05) is 52.8 Å². The van der Waals surface area contributed by atoms with Gasteiger partial charge in [-0.3, -0.25) is 4.79 Å². The summed E-state index contributed by atoms with van der Waals surface area (Å²) in [6.07, 6.45) is 2.98. The van der Waals surface area contributed by atoms with Crippen molar-refractivity contribution < 1.29 is 14.1 Å². The Kier molecular flexibility index (Phi) is 5.84. The molecule has 0 saturated carbocycles. The Balaban J connectivity index is 1.21. The highest BCUT2D eigenvalue weighted by atomic mass is 16.5. The van der Waals surface area contributed by atoms with Crippen LogP contribution in [0.3, 0.4) is 0 Å². The maximum Gasteiger partial charge on any atom is 0.280 e. The van der Waals surface area contributed by atoms with Crippen molar-refractivity contribution in [1.29, 1.82) is 0 Å². The highest BCUT2D eigenvalue weighted by molar-refractivity contribution is 5.79. The van der Waals surface area contributed by atoms with Crippen LogP contribution in [-0.4, -0.2) is 55.6 Å². The van der Waals surface area contributed by atoms with E-state index in [0.717, 1.165) is 23.3 Å². The fourth-order valence-corrected chi connectivity index (χ4v) is 3.93. The molecule has 1 aliphatic heterocycles. The van der Waals surface area contributed by atoms with E-state index in [4.69, 9.17) is 9.26 Å². The quantitative estimate of drug-likeness (QED) is 0.431. The summed E-state index contributed by atoms with van der Waals surface area (Å²) in [6.45, 7) is 3.85. The molecule has 1 atom stereocenters. The summed E-state index contributed by atoms with van der Waals surface area (Å²) in [5, 5.41) is 12.5. The molecule has 0 aliphatic carbocycles. The van der Waals surface area contributed by atoms with Crippen molar-refractivity contribution >= 4 is 5.91 Å². The predicted octanol–water partition coefficient (Wildman–Crippen LogP) is 3.41. The SMILES string of the molecule is CCOc1ccc(CC(=O)N2CCC(n3cc(-c4nc(-c5ccccc5)no4)nn3)C2)cc1. The summed E-state index contributed by atoms with van der Waals surface area (Å²) in [4.78, 5) is 19.1. The summed E-state index contributed by atoms with van der Waals surface area (Å²) in [5.74, 6) is 1.74. The van der Waals surface area contributed by atoms with E-state index in [9.17, 15) is 4.79 Å². The molecule has 9 heteroatoms. The van der Waals surface area contributed by atoms with Crippen molar-refractivity contribution in [3.63, 3.8) is 0 Å². The second-order valence-electron chi connectivity index (χ2n) is 7.91. The first kappa shape index (κ1) is 20.9. The Labute approximate surface area is 191 Å². The topological polar surface area (TPSA) is 99.2 Å². The normalized spacial score (nSPS) is 15.7. The van der Waals surface area contributed by atoms with Crippen molar-refractivity contribution in [2.45, 2.75) is 25.8 Å². The predicted molar refractivity (Wildman–Crippen MR) is 120 cm³/mol. The first-order valence-corrected chi connectivity index (χ1v) is 11.0. The average molecular weight is 444 g/mol. The molecule has 3 heterocycles. The molecule has 5 rings (SSSR count). The van der Waals surface area contributed by atoms with E-state index in [1.165, 1.54) is 0 Å². The fraction of sp³-hybridized carbons (Fsp3) is 0.292. The fourth-order valence-electron chi connectivity index (χ4n) is 3.93. The molecule has 9 nitrogen and oxygen atoms in total. The lowest BCUT2D eigenvalue weighted by atomic mass is 10.1. The van der Waals surface area contributed by atoms with E-state index in [1.807, 2.05) is 66.4 Å². The summed E-state index contributed by atoms with van der Waals surface area (Å²) in [6, 6.07) is 17.4. The van der Waals surface area contributed by atoms with Crippen LogP contribution in [0.1, 0.15) is 24.9 Å². The molecular weight excluding hydrogens is 420 g/mol. The van der Waals surface area contributed by atoms with Crippen molar-refractivity contribution in [3.05, 3.63) is 66.4 Å². The molecule has 0 radical (unpaired) electrons. The number of likely N-dealkylation sites (tertiary alicyclic amines) is 1. The number of benzene rings is 2. The second-order valence-corrected chi connectivity index (χ2v) is 7.91. The minimum absolute atomic E-state index is 0.0621. The number of ether oxygens (including phenoxy) is 1. The third-order valence-electron chi connectivity index (χ3n) is 5.67. The highest BCUT2D eigenvalue weighted by Crippen LogP contribution is 2.25. The number of nitrogens with zero attached hydrogens (tertiary/aromatic N) is 6. The Bertz CT molecular complexity index is 1220. The van der Waals surface area contributed by atoms with Crippen LogP contribution < -0.4 is 4.74 Å². The van der Waals surface area contributed by atoms with E-state index < -0.39 is 0 Å². The van der Waals surface area contributed by atoms with Crippen molar-refractivity contribution in [1.82, 2.24) is 30.0 Å². The lowest BCUT2D eigenvalue weighted by molar-refractivity contribution is -0.129. The average Bonchev–Trinajstić information content (AvgIpc) is 3.61. The summed E-state index contributed by atoms with van der Waals surface area (Å²) in [5.41, 5.74) is 2.36. The number of carbonyl (C=O) groups is 1. The summed E-state index contributed by atoms with van der Waals surface area (Å²) < 4.78 is 12.6. The minimum atomic E-state index is 0.0621. The Morgan fingerprint density at radius 1 is 1.15 bits per heavy atom. The monoisotopic (exact) mass is 444 g/mol. The molecule has 0 bridgehead atoms. The number of hydrogen-bond acceptors (Lipinski definition) is 7. The van der Waals surface area contributed by atoms with E-state index in [0.29, 0.717) is 43.5 Å². The first-order valence-electron chi connectivity index (χ1n) is 11.0. The lowest BCUT2D eigenvalue weighted by Crippen LogP contribution is -2.30. The van der Waals surface area contributed by atoms with Crippen LogP contribution in [0.2, 0.25) is 0 Å². The molecule has 2 aromatic heterocycles. The van der Waals surface area contributed by atoms with Crippen LogP contribution in [-0.2, 0) is 11.2 Å². The second kappa shape index (κ2) is 9.23. The zero-order valence-corrected chi connectivity index (χ0v) is 18.3. The smallest absolute Gasteiger partial charge is 0.280 e. The standard InChI is InChI=1S/C24H24N6O3/c1-2-32-20-10-8-17(9-11-20)14-22(31)29-13-12-19(15-29)30-16-21(26-28-30)24-25-23(27-33-24)18-6-4-3-5-7-18/h3-11,16,19H,2,12-15H2,1H3. The van der Waals surface area contributed by atoms with Gasteiger partial charge in [-0.2, -0.15) is 4.98 Å². The van der Waals surface area contributed by atoms with E-state index in [2.05, 4.69) is 20.5 Å². The van der Waals surface area contributed by atoms with Crippen LogP contribution in [0.5, 0.6) is 5.75 Å². The van der Waals surface area contributed by atoms with Gasteiger partial charge in [0.15, 0.2) is 5.69 Å². The van der Waals surface area contributed by atoms with Crippen molar-refractivity contribution in [3.8, 4) is 28.7 Å². The Morgan fingerprint density at radius 3 is 2.76 bits per heavy atom. The zero-order chi connectivity index (χ0) is 22.6. The van der Waals surface area contributed by atoms with E-state index in [-0.39, 0.29) is 11.9 Å². The van der Waals surface area contributed by atoms with Gasteiger partial charge in [-0.25, -0.2) is 4.68 Å². The van der Waals surface area contributed by atoms with Gasteiger partial charge in [-0.15, -0.1) is 5.10 Å². The molecule has 4 aromatic rings. The van der Waals surface area contributed by atoms with Gasteiger partial charge in [0.25, 0.3) is 5.89 Å².